The van der Waals surface area contributed by atoms with Crippen LogP contribution >= 0.6 is 11.6 Å². The Labute approximate surface area is 116 Å². The van der Waals surface area contributed by atoms with Crippen LogP contribution in [-0.4, -0.2) is 17.0 Å². The van der Waals surface area contributed by atoms with Crippen molar-refractivity contribution in [2.24, 2.45) is 5.41 Å². The highest BCUT2D eigenvalue weighted by Gasteiger charge is 2.57. The Kier molecular flexibility index (Phi) is 3.41. The predicted octanol–water partition coefficient (Wildman–Crippen LogP) is 3.16. The summed E-state index contributed by atoms with van der Waals surface area (Å²) in [4.78, 5) is 22.7. The minimum absolute atomic E-state index is 0.0443. The molecule has 0 aliphatic heterocycles. The summed E-state index contributed by atoms with van der Waals surface area (Å²) >= 11 is 5.67. The molecule has 1 aliphatic carbocycles. The van der Waals surface area contributed by atoms with Gasteiger partial charge in [0.05, 0.1) is 16.3 Å². The third kappa shape index (κ3) is 2.58. The van der Waals surface area contributed by atoms with Gasteiger partial charge < -0.3 is 10.4 Å². The van der Waals surface area contributed by atoms with Gasteiger partial charge in [0.1, 0.15) is 5.41 Å². The summed E-state index contributed by atoms with van der Waals surface area (Å²) in [7, 11) is 0. The Bertz CT molecular complexity index is 582. The first-order chi connectivity index (χ1) is 9.17. The van der Waals surface area contributed by atoms with Crippen molar-refractivity contribution in [3.63, 3.8) is 0 Å². The average Bonchev–Trinajstić information content (AvgIpc) is 3.11. The lowest BCUT2D eigenvalue weighted by Gasteiger charge is -2.13. The van der Waals surface area contributed by atoms with Crippen molar-refractivity contribution in [2.75, 3.05) is 5.32 Å². The molecule has 1 amide bonds. The number of amides is 1. The van der Waals surface area contributed by atoms with Crippen LogP contribution < -0.4 is 5.32 Å². The average molecular weight is 308 g/mol. The second kappa shape index (κ2) is 4.66. The fraction of sp³-hybridized carbons (Fsp3) is 0.333. The highest BCUT2D eigenvalue weighted by molar-refractivity contribution is 6.34. The summed E-state index contributed by atoms with van der Waals surface area (Å²) in [6.07, 6.45) is -4.14. The lowest BCUT2D eigenvalue weighted by Crippen LogP contribution is -2.31. The van der Waals surface area contributed by atoms with Crippen LogP contribution in [0.3, 0.4) is 0 Å². The van der Waals surface area contributed by atoms with Gasteiger partial charge in [-0.15, -0.1) is 0 Å². The second-order valence-electron chi connectivity index (χ2n) is 4.53. The number of nitrogens with one attached hydrogen (secondary N) is 1. The van der Waals surface area contributed by atoms with Gasteiger partial charge in [-0.25, -0.2) is 0 Å². The van der Waals surface area contributed by atoms with Gasteiger partial charge in [-0.3, -0.25) is 9.59 Å². The van der Waals surface area contributed by atoms with Gasteiger partial charge in [-0.2, -0.15) is 13.2 Å². The number of hydrogen-bond donors (Lipinski definition) is 2. The number of anilines is 1. The van der Waals surface area contributed by atoms with Crippen LogP contribution in [0, 0.1) is 5.41 Å². The number of halogens is 4. The minimum Gasteiger partial charge on any atom is -0.480 e. The molecule has 1 saturated carbocycles. The standard InChI is InChI=1S/C12H9ClF3NO3/c13-7-5-6(12(14,15)16)1-2-8(7)17-9(18)11(3-4-11)10(19)20/h1-2,5H,3-4H2,(H,17,18)(H,19,20). The van der Waals surface area contributed by atoms with Crippen LogP contribution in [0.5, 0.6) is 0 Å². The Morgan fingerprint density at radius 1 is 1.30 bits per heavy atom. The lowest BCUT2D eigenvalue weighted by molar-refractivity contribution is -0.147. The molecule has 4 nitrogen and oxygen atoms in total. The minimum atomic E-state index is -4.54. The van der Waals surface area contributed by atoms with Gasteiger partial charge in [-0.05, 0) is 31.0 Å². The molecular formula is C12H9ClF3NO3. The van der Waals surface area contributed by atoms with E-state index in [1.807, 2.05) is 0 Å². The number of benzene rings is 1. The maximum absolute atomic E-state index is 12.4. The molecule has 0 heterocycles. The predicted molar refractivity (Wildman–Crippen MR) is 64.4 cm³/mol. The molecule has 2 N–H and O–H groups in total. The maximum Gasteiger partial charge on any atom is 0.416 e. The number of aliphatic carboxylic acids is 1. The third-order valence-electron chi connectivity index (χ3n) is 3.14. The Hall–Kier alpha value is -1.76. The van der Waals surface area contributed by atoms with E-state index in [1.165, 1.54) is 0 Å². The largest absolute Gasteiger partial charge is 0.480 e. The molecule has 0 aromatic heterocycles. The summed E-state index contributed by atoms with van der Waals surface area (Å²) < 4.78 is 37.3. The van der Waals surface area contributed by atoms with E-state index in [0.717, 1.165) is 12.1 Å². The number of carbonyl (C=O) groups is 2. The van der Waals surface area contributed by atoms with Crippen molar-refractivity contribution in [1.82, 2.24) is 0 Å². The zero-order valence-corrected chi connectivity index (χ0v) is 10.7. The zero-order valence-electron chi connectivity index (χ0n) is 9.92. The van der Waals surface area contributed by atoms with E-state index in [-0.39, 0.29) is 23.6 Å². The summed E-state index contributed by atoms with van der Waals surface area (Å²) in [5, 5.41) is 10.9. The lowest BCUT2D eigenvalue weighted by atomic mass is 10.1. The topological polar surface area (TPSA) is 66.4 Å². The van der Waals surface area contributed by atoms with E-state index in [1.54, 1.807) is 0 Å². The highest BCUT2D eigenvalue weighted by Crippen LogP contribution is 2.47. The number of hydrogen-bond acceptors (Lipinski definition) is 2. The van der Waals surface area contributed by atoms with Gasteiger partial charge in [0, 0.05) is 0 Å². The van der Waals surface area contributed by atoms with Crippen molar-refractivity contribution in [3.05, 3.63) is 28.8 Å². The smallest absolute Gasteiger partial charge is 0.416 e. The Balaban J connectivity index is 2.19. The second-order valence-corrected chi connectivity index (χ2v) is 4.94. The molecular weight excluding hydrogens is 299 g/mol. The Morgan fingerprint density at radius 3 is 2.30 bits per heavy atom. The van der Waals surface area contributed by atoms with Gasteiger partial charge in [0.15, 0.2) is 0 Å². The van der Waals surface area contributed by atoms with Crippen LogP contribution in [0.25, 0.3) is 0 Å². The fourth-order valence-electron chi connectivity index (χ4n) is 1.70. The van der Waals surface area contributed by atoms with Crippen LogP contribution in [0.1, 0.15) is 18.4 Å². The summed E-state index contributed by atoms with van der Waals surface area (Å²) in [6, 6.07) is 2.44. The molecule has 1 aliphatic rings. The van der Waals surface area contributed by atoms with Gasteiger partial charge >= 0.3 is 12.1 Å². The first-order valence-corrected chi connectivity index (χ1v) is 5.96. The number of carbonyl (C=O) groups excluding carboxylic acids is 1. The molecule has 0 atom stereocenters. The van der Waals surface area contributed by atoms with Crippen molar-refractivity contribution < 1.29 is 27.9 Å². The van der Waals surface area contributed by atoms with Crippen molar-refractivity contribution in [3.8, 4) is 0 Å². The van der Waals surface area contributed by atoms with Crippen molar-refractivity contribution in [2.45, 2.75) is 19.0 Å². The molecule has 1 fully saturated rings. The normalized spacial score (nSPS) is 16.6. The molecule has 0 radical (unpaired) electrons. The zero-order chi connectivity index (χ0) is 15.1. The summed E-state index contributed by atoms with van der Waals surface area (Å²) in [6.45, 7) is 0. The number of carboxylic acid groups (broad SMARTS) is 1. The molecule has 108 valence electrons. The molecule has 0 bridgehead atoms. The summed E-state index contributed by atoms with van der Waals surface area (Å²) in [5.74, 6) is -2.02. The number of rotatable bonds is 3. The number of alkyl halides is 3. The molecule has 8 heteroatoms. The molecule has 2 rings (SSSR count). The van der Waals surface area contributed by atoms with Crippen LogP contribution in [-0.2, 0) is 15.8 Å². The third-order valence-corrected chi connectivity index (χ3v) is 3.45. The van der Waals surface area contributed by atoms with E-state index >= 15 is 0 Å². The van der Waals surface area contributed by atoms with Gasteiger partial charge in [0.25, 0.3) is 0 Å². The molecule has 1 aromatic carbocycles. The van der Waals surface area contributed by atoms with Crippen molar-refractivity contribution in [1.29, 1.82) is 0 Å². The molecule has 0 unspecified atom stereocenters. The molecule has 20 heavy (non-hydrogen) atoms. The maximum atomic E-state index is 12.4. The monoisotopic (exact) mass is 307 g/mol. The van der Waals surface area contributed by atoms with E-state index in [2.05, 4.69) is 5.32 Å². The van der Waals surface area contributed by atoms with Gasteiger partial charge in [0.2, 0.25) is 5.91 Å². The molecule has 1 aromatic rings. The SMILES string of the molecule is O=C(O)C1(C(=O)Nc2ccc(C(F)(F)F)cc2Cl)CC1. The fourth-order valence-corrected chi connectivity index (χ4v) is 1.93. The quantitative estimate of drug-likeness (QED) is 0.843. The van der Waals surface area contributed by atoms with Crippen molar-refractivity contribution >= 4 is 29.2 Å². The number of carboxylic acids is 1. The van der Waals surface area contributed by atoms with Crippen LogP contribution in [0.15, 0.2) is 18.2 Å². The highest BCUT2D eigenvalue weighted by atomic mass is 35.5. The molecule has 0 saturated heterocycles. The first-order valence-electron chi connectivity index (χ1n) is 5.58. The van der Waals surface area contributed by atoms with Gasteiger partial charge in [-0.1, -0.05) is 11.6 Å². The van der Waals surface area contributed by atoms with E-state index in [4.69, 9.17) is 16.7 Å². The Morgan fingerprint density at radius 2 is 1.90 bits per heavy atom. The van der Waals surface area contributed by atoms with Crippen LogP contribution in [0.2, 0.25) is 5.02 Å². The summed E-state index contributed by atoms with van der Waals surface area (Å²) in [5.41, 5.74) is -2.47. The first kappa shape index (κ1) is 14.6. The van der Waals surface area contributed by atoms with Crippen LogP contribution in [0.4, 0.5) is 18.9 Å². The van der Waals surface area contributed by atoms with E-state index < -0.39 is 29.0 Å². The van der Waals surface area contributed by atoms with E-state index in [9.17, 15) is 22.8 Å². The molecule has 0 spiro atoms. The van der Waals surface area contributed by atoms with E-state index in [0.29, 0.717) is 6.07 Å².